The molecule has 1 aromatic heterocycles. The Kier molecular flexibility index (Phi) is 5.93. The first kappa shape index (κ1) is 23.6. The van der Waals surface area contributed by atoms with E-state index in [4.69, 9.17) is 4.74 Å². The quantitative estimate of drug-likeness (QED) is 0.622. The number of carbonyl (C=O) groups excluding carboxylic acids is 2. The van der Waals surface area contributed by atoms with Crippen molar-refractivity contribution in [3.8, 4) is 11.3 Å². The third-order valence-electron chi connectivity index (χ3n) is 7.83. The molecule has 7 nitrogen and oxygen atoms in total. The Morgan fingerprint density at radius 3 is 2.49 bits per heavy atom. The third kappa shape index (κ3) is 4.70. The summed E-state index contributed by atoms with van der Waals surface area (Å²) in [5.74, 6) is 0.687. The van der Waals surface area contributed by atoms with Crippen LogP contribution in [0.4, 0.5) is 9.18 Å². The average molecular weight is 481 g/mol. The maximum absolute atomic E-state index is 15.1. The van der Waals surface area contributed by atoms with Gasteiger partial charge in [-0.05, 0) is 69.8 Å². The Balaban J connectivity index is 1.41. The third-order valence-corrected chi connectivity index (χ3v) is 7.83. The maximum Gasteiger partial charge on any atom is 0.407 e. The van der Waals surface area contributed by atoms with Gasteiger partial charge in [-0.2, -0.15) is 5.10 Å². The standard InChI is InChI=1S/C27H33FN4O3/c1-26(2,31-25(34)35-3)9-10-32-23(18-7-5-4-6-8-18)21(16-29-32)24(33)30-22-19-11-17-12-20(22)15-27(28,13-17)14-19/h4-10,16-17,19-20,22H,11-15H2,1-3H3,(H,30,33)(H,31,34)/b10-9+. The lowest BCUT2D eigenvalue weighted by Crippen LogP contribution is -2.60. The number of benzene rings is 1. The van der Waals surface area contributed by atoms with Crippen molar-refractivity contribution in [1.82, 2.24) is 20.4 Å². The van der Waals surface area contributed by atoms with E-state index in [0.29, 0.717) is 36.4 Å². The van der Waals surface area contributed by atoms with Crippen LogP contribution in [0.5, 0.6) is 0 Å². The molecule has 4 aliphatic carbocycles. The van der Waals surface area contributed by atoms with Crippen LogP contribution in [0.15, 0.2) is 42.6 Å². The lowest BCUT2D eigenvalue weighted by molar-refractivity contribution is -0.0906. The number of hydrogen-bond donors (Lipinski definition) is 2. The fraction of sp³-hybridized carbons (Fsp3) is 0.519. The van der Waals surface area contributed by atoms with Crippen molar-refractivity contribution < 1.29 is 18.7 Å². The largest absolute Gasteiger partial charge is 0.453 e. The minimum atomic E-state index is -1.03. The molecule has 186 valence electrons. The molecule has 0 aliphatic heterocycles. The van der Waals surface area contributed by atoms with Crippen LogP contribution in [-0.4, -0.2) is 46.1 Å². The normalized spacial score (nSPS) is 29.4. The number of rotatable bonds is 6. The molecular weight excluding hydrogens is 447 g/mol. The van der Waals surface area contributed by atoms with Crippen LogP contribution in [0.1, 0.15) is 56.3 Å². The Labute approximate surface area is 205 Å². The van der Waals surface area contributed by atoms with Crippen LogP contribution in [0.2, 0.25) is 0 Å². The van der Waals surface area contributed by atoms with E-state index in [1.165, 1.54) is 7.11 Å². The fourth-order valence-corrected chi connectivity index (χ4v) is 6.53. The van der Waals surface area contributed by atoms with E-state index in [9.17, 15) is 9.59 Å². The predicted octanol–water partition coefficient (Wildman–Crippen LogP) is 4.80. The number of nitrogens with one attached hydrogen (secondary N) is 2. The summed E-state index contributed by atoms with van der Waals surface area (Å²) in [5.41, 5.74) is 0.264. The van der Waals surface area contributed by atoms with Crippen molar-refractivity contribution in [2.24, 2.45) is 17.8 Å². The zero-order chi connectivity index (χ0) is 24.8. The van der Waals surface area contributed by atoms with Crippen LogP contribution < -0.4 is 10.6 Å². The zero-order valence-corrected chi connectivity index (χ0v) is 20.5. The predicted molar refractivity (Wildman–Crippen MR) is 131 cm³/mol. The molecule has 2 amide bonds. The molecule has 0 saturated heterocycles. The molecule has 0 radical (unpaired) electrons. The van der Waals surface area contributed by atoms with Gasteiger partial charge in [-0.3, -0.25) is 4.79 Å². The first-order valence-electron chi connectivity index (χ1n) is 12.3. The van der Waals surface area contributed by atoms with Gasteiger partial charge in [0.1, 0.15) is 5.67 Å². The van der Waals surface area contributed by atoms with Gasteiger partial charge in [0.15, 0.2) is 0 Å². The van der Waals surface area contributed by atoms with Gasteiger partial charge in [0.2, 0.25) is 0 Å². The molecule has 4 aliphatic rings. The number of nitrogens with zero attached hydrogens (tertiary/aromatic N) is 2. The monoisotopic (exact) mass is 480 g/mol. The number of aromatic nitrogens is 2. The van der Waals surface area contributed by atoms with Crippen molar-refractivity contribution in [2.75, 3.05) is 7.11 Å². The van der Waals surface area contributed by atoms with Crippen LogP contribution in [-0.2, 0) is 4.74 Å². The van der Waals surface area contributed by atoms with Crippen LogP contribution in [0.25, 0.3) is 17.5 Å². The summed E-state index contributed by atoms with van der Waals surface area (Å²) >= 11 is 0. The molecule has 2 N–H and O–H groups in total. The first-order valence-corrected chi connectivity index (χ1v) is 12.3. The Bertz CT molecular complexity index is 1130. The van der Waals surface area contributed by atoms with Gasteiger partial charge in [-0.1, -0.05) is 30.3 Å². The summed E-state index contributed by atoms with van der Waals surface area (Å²) < 4.78 is 21.5. The van der Waals surface area contributed by atoms with Gasteiger partial charge >= 0.3 is 6.09 Å². The Morgan fingerprint density at radius 1 is 1.17 bits per heavy atom. The second-order valence-electron chi connectivity index (χ2n) is 11.0. The molecule has 2 aromatic rings. The van der Waals surface area contributed by atoms with Gasteiger partial charge < -0.3 is 15.4 Å². The van der Waals surface area contributed by atoms with E-state index in [-0.39, 0.29) is 23.8 Å². The second kappa shape index (κ2) is 8.81. The molecule has 2 unspecified atom stereocenters. The number of halogens is 1. The average Bonchev–Trinajstić information content (AvgIpc) is 3.23. The number of methoxy groups -OCH3 is 1. The highest BCUT2D eigenvalue weighted by molar-refractivity contribution is 6.00. The molecule has 2 atom stereocenters. The number of alkyl carbamates (subject to hydrolysis) is 1. The topological polar surface area (TPSA) is 85.2 Å². The maximum atomic E-state index is 15.1. The van der Waals surface area contributed by atoms with E-state index in [1.54, 1.807) is 23.2 Å². The van der Waals surface area contributed by atoms with Crippen molar-refractivity contribution in [1.29, 1.82) is 0 Å². The zero-order valence-electron chi connectivity index (χ0n) is 20.5. The summed E-state index contributed by atoms with van der Waals surface area (Å²) in [6.45, 7) is 3.67. The molecule has 8 heteroatoms. The summed E-state index contributed by atoms with van der Waals surface area (Å²) in [6, 6.07) is 9.63. The molecule has 6 rings (SSSR count). The van der Waals surface area contributed by atoms with Crippen LogP contribution in [0, 0.1) is 17.8 Å². The van der Waals surface area contributed by atoms with E-state index in [1.807, 2.05) is 44.2 Å². The number of alkyl halides is 1. The molecule has 1 aromatic carbocycles. The minimum absolute atomic E-state index is 0.00799. The molecular formula is C27H33FN4O3. The van der Waals surface area contributed by atoms with E-state index in [2.05, 4.69) is 15.7 Å². The fourth-order valence-electron chi connectivity index (χ4n) is 6.53. The lowest BCUT2D eigenvalue weighted by atomic mass is 9.53. The molecule has 4 fully saturated rings. The lowest BCUT2D eigenvalue weighted by Gasteiger charge is -2.56. The molecule has 0 spiro atoms. The SMILES string of the molecule is COC(=O)NC(C)(C)/C=C/n1ncc(C(=O)NC2C3CC4CC2CC(F)(C4)C3)c1-c1ccccc1. The summed E-state index contributed by atoms with van der Waals surface area (Å²) in [4.78, 5) is 25.2. The van der Waals surface area contributed by atoms with Crippen molar-refractivity contribution in [3.05, 3.63) is 48.2 Å². The van der Waals surface area contributed by atoms with Gasteiger partial charge in [0, 0.05) is 17.8 Å². The van der Waals surface area contributed by atoms with Gasteiger partial charge in [-0.25, -0.2) is 13.9 Å². The summed E-state index contributed by atoms with van der Waals surface area (Å²) in [7, 11) is 1.32. The molecule has 4 saturated carbocycles. The highest BCUT2D eigenvalue weighted by Gasteiger charge is 2.56. The highest BCUT2D eigenvalue weighted by Crippen LogP contribution is 2.57. The minimum Gasteiger partial charge on any atom is -0.453 e. The van der Waals surface area contributed by atoms with E-state index >= 15 is 4.39 Å². The Hall–Kier alpha value is -3.16. The molecule has 4 bridgehead atoms. The van der Waals surface area contributed by atoms with E-state index < -0.39 is 17.3 Å². The van der Waals surface area contributed by atoms with Crippen LogP contribution in [0.3, 0.4) is 0 Å². The summed E-state index contributed by atoms with van der Waals surface area (Å²) in [6.07, 6.45) is 8.39. The van der Waals surface area contributed by atoms with Gasteiger partial charge in [0.05, 0.1) is 30.1 Å². The van der Waals surface area contributed by atoms with Crippen molar-refractivity contribution >= 4 is 18.2 Å². The molecule has 1 heterocycles. The molecule has 35 heavy (non-hydrogen) atoms. The van der Waals surface area contributed by atoms with Crippen molar-refractivity contribution in [3.63, 3.8) is 0 Å². The number of ether oxygens (including phenoxy) is 1. The smallest absolute Gasteiger partial charge is 0.407 e. The highest BCUT2D eigenvalue weighted by atomic mass is 19.1. The van der Waals surface area contributed by atoms with Gasteiger partial charge in [0.25, 0.3) is 5.91 Å². The number of hydrogen-bond acceptors (Lipinski definition) is 4. The number of amides is 2. The second-order valence-corrected chi connectivity index (χ2v) is 11.0. The van der Waals surface area contributed by atoms with Gasteiger partial charge in [-0.15, -0.1) is 0 Å². The van der Waals surface area contributed by atoms with E-state index in [0.717, 1.165) is 18.4 Å². The Morgan fingerprint density at radius 2 is 1.86 bits per heavy atom. The summed E-state index contributed by atoms with van der Waals surface area (Å²) in [5, 5.41) is 10.5. The first-order chi connectivity index (χ1) is 16.7. The van der Waals surface area contributed by atoms with Crippen molar-refractivity contribution in [2.45, 2.75) is 63.2 Å². The number of carbonyl (C=O) groups is 2. The van der Waals surface area contributed by atoms with Crippen LogP contribution >= 0.6 is 0 Å².